The van der Waals surface area contributed by atoms with Crippen LogP contribution in [0.25, 0.3) is 0 Å². The lowest BCUT2D eigenvalue weighted by molar-refractivity contribution is 0.0373. The van der Waals surface area contributed by atoms with Crippen molar-refractivity contribution >= 4 is 11.6 Å². The van der Waals surface area contributed by atoms with Gasteiger partial charge in [-0.25, -0.2) is 0 Å². The van der Waals surface area contributed by atoms with E-state index >= 15 is 0 Å². The molecule has 0 bridgehead atoms. The van der Waals surface area contributed by atoms with Crippen molar-refractivity contribution in [3.8, 4) is 5.75 Å². The van der Waals surface area contributed by atoms with Gasteiger partial charge in [0.05, 0.1) is 25.6 Å². The average Bonchev–Trinajstić information content (AvgIpc) is 3.28. The number of nitrogens with one attached hydrogen (secondary N) is 2. The Labute approximate surface area is 185 Å². The highest BCUT2D eigenvalue weighted by Gasteiger charge is 2.09. The first-order valence-corrected chi connectivity index (χ1v) is 11.3. The number of unbranched alkanes of at least 4 members (excludes halogenated alkanes) is 1. The fourth-order valence-electron chi connectivity index (χ4n) is 3.39. The van der Waals surface area contributed by atoms with Gasteiger partial charge in [0.2, 0.25) is 0 Å². The maximum absolute atomic E-state index is 5.73. The number of hydrogen-bond donors (Lipinski definition) is 2. The molecule has 1 aliphatic rings. The van der Waals surface area contributed by atoms with Crippen LogP contribution in [0.3, 0.4) is 0 Å². The van der Waals surface area contributed by atoms with Crippen molar-refractivity contribution in [1.82, 2.24) is 10.2 Å². The smallest absolute Gasteiger partial charge is 0.195 e. The Morgan fingerprint density at radius 3 is 2.65 bits per heavy atom. The van der Waals surface area contributed by atoms with Gasteiger partial charge in [0.25, 0.3) is 0 Å². The molecule has 2 aromatic rings. The molecular weight excluding hydrogens is 392 g/mol. The molecule has 170 valence electrons. The number of aliphatic imine (C=N–C) groups is 1. The summed E-state index contributed by atoms with van der Waals surface area (Å²) in [6.07, 6.45) is 4.88. The third-order valence-electron chi connectivity index (χ3n) is 4.99. The van der Waals surface area contributed by atoms with Gasteiger partial charge in [-0.2, -0.15) is 0 Å². The summed E-state index contributed by atoms with van der Waals surface area (Å²) in [6, 6.07) is 11.9. The quantitative estimate of drug-likeness (QED) is 0.322. The lowest BCUT2D eigenvalue weighted by Gasteiger charge is -2.26. The maximum Gasteiger partial charge on any atom is 0.195 e. The molecule has 0 aliphatic carbocycles. The predicted octanol–water partition coefficient (Wildman–Crippen LogP) is 3.78. The molecule has 1 saturated heterocycles. The normalized spacial score (nSPS) is 15.3. The molecule has 3 rings (SSSR count). The maximum atomic E-state index is 5.73. The van der Waals surface area contributed by atoms with E-state index in [1.54, 1.807) is 6.26 Å². The Morgan fingerprint density at radius 1 is 1.13 bits per heavy atom. The van der Waals surface area contributed by atoms with Crippen LogP contribution in [0.2, 0.25) is 0 Å². The van der Waals surface area contributed by atoms with Crippen LogP contribution in [0.4, 0.5) is 5.69 Å². The van der Waals surface area contributed by atoms with Gasteiger partial charge in [0.1, 0.15) is 11.5 Å². The Morgan fingerprint density at radius 2 is 1.94 bits per heavy atom. The van der Waals surface area contributed by atoms with E-state index in [9.17, 15) is 0 Å². The monoisotopic (exact) mass is 428 g/mol. The van der Waals surface area contributed by atoms with Gasteiger partial charge >= 0.3 is 0 Å². The topological polar surface area (TPSA) is 71.3 Å². The molecule has 0 saturated carbocycles. The fourth-order valence-corrected chi connectivity index (χ4v) is 3.39. The number of rotatable bonds is 11. The van der Waals surface area contributed by atoms with E-state index in [0.29, 0.717) is 0 Å². The van der Waals surface area contributed by atoms with Crippen LogP contribution >= 0.6 is 0 Å². The molecule has 7 heteroatoms. The summed E-state index contributed by atoms with van der Waals surface area (Å²) in [6.45, 7) is 10.5. The summed E-state index contributed by atoms with van der Waals surface area (Å²) in [5.74, 6) is 2.62. The van der Waals surface area contributed by atoms with Crippen LogP contribution < -0.4 is 15.4 Å². The van der Waals surface area contributed by atoms with E-state index in [1.807, 2.05) is 50.2 Å². The Bertz CT molecular complexity index is 754. The molecule has 31 heavy (non-hydrogen) atoms. The predicted molar refractivity (Wildman–Crippen MR) is 125 cm³/mol. The lowest BCUT2D eigenvalue weighted by atomic mass is 10.3. The fraction of sp³-hybridized carbons (Fsp3) is 0.542. The summed E-state index contributed by atoms with van der Waals surface area (Å²) >= 11 is 0. The third kappa shape index (κ3) is 9.02. The van der Waals surface area contributed by atoms with Crippen molar-refractivity contribution in [2.45, 2.75) is 39.2 Å². The highest BCUT2D eigenvalue weighted by atomic mass is 16.5. The molecule has 1 aromatic heterocycles. The molecule has 1 fully saturated rings. The summed E-state index contributed by atoms with van der Waals surface area (Å²) in [5.41, 5.74) is 0.980. The molecule has 1 aromatic carbocycles. The van der Waals surface area contributed by atoms with Crippen LogP contribution in [0, 0.1) is 0 Å². The molecule has 2 heterocycles. The highest BCUT2D eigenvalue weighted by molar-refractivity contribution is 5.93. The van der Waals surface area contributed by atoms with Gasteiger partial charge in [-0.05, 0) is 69.6 Å². The summed E-state index contributed by atoms with van der Waals surface area (Å²) in [5, 5.41) is 6.82. The largest absolute Gasteiger partial charge is 0.491 e. The number of benzene rings is 1. The number of anilines is 1. The number of guanidine groups is 1. The van der Waals surface area contributed by atoms with Gasteiger partial charge in [0.15, 0.2) is 5.96 Å². The van der Waals surface area contributed by atoms with E-state index < -0.39 is 0 Å². The Kier molecular flexibility index (Phi) is 9.73. The van der Waals surface area contributed by atoms with Crippen LogP contribution in [-0.4, -0.2) is 62.9 Å². The molecule has 1 aliphatic heterocycles. The van der Waals surface area contributed by atoms with Crippen molar-refractivity contribution in [3.05, 3.63) is 48.4 Å². The second-order valence-corrected chi connectivity index (χ2v) is 7.96. The minimum Gasteiger partial charge on any atom is -0.491 e. The molecule has 0 atom stereocenters. The van der Waals surface area contributed by atoms with E-state index in [0.717, 1.165) is 88.4 Å². The number of ether oxygens (including phenoxy) is 2. The number of hydrogen-bond acceptors (Lipinski definition) is 5. The number of furan rings is 1. The number of morpholine rings is 1. The molecule has 2 N–H and O–H groups in total. The summed E-state index contributed by atoms with van der Waals surface area (Å²) < 4.78 is 16.6. The molecule has 7 nitrogen and oxygen atoms in total. The van der Waals surface area contributed by atoms with Crippen molar-refractivity contribution < 1.29 is 13.9 Å². The zero-order valence-corrected chi connectivity index (χ0v) is 18.8. The SMILES string of the molecule is CC(C)Oc1ccc(NC(=NCCCCN2CCOCC2)NCCc2ccco2)cc1. The first-order chi connectivity index (χ1) is 15.2. The van der Waals surface area contributed by atoms with Gasteiger partial charge in [-0.15, -0.1) is 0 Å². The van der Waals surface area contributed by atoms with Gasteiger partial charge in [0, 0.05) is 38.3 Å². The van der Waals surface area contributed by atoms with Crippen molar-refractivity contribution in [2.24, 2.45) is 4.99 Å². The number of nitrogens with zero attached hydrogens (tertiary/aromatic N) is 2. The van der Waals surface area contributed by atoms with Gasteiger partial charge < -0.3 is 24.5 Å². The standard InChI is InChI=1S/C24H36N4O3/c1-20(2)31-23-9-7-21(8-10-23)27-24(26-13-11-22-6-5-17-30-22)25-12-3-4-14-28-15-18-29-19-16-28/h5-10,17,20H,3-4,11-16,18-19H2,1-2H3,(H2,25,26,27). The average molecular weight is 429 g/mol. The summed E-state index contributed by atoms with van der Waals surface area (Å²) in [4.78, 5) is 7.25. The lowest BCUT2D eigenvalue weighted by Crippen LogP contribution is -2.36. The van der Waals surface area contributed by atoms with E-state index in [4.69, 9.17) is 18.9 Å². The third-order valence-corrected chi connectivity index (χ3v) is 4.99. The van der Waals surface area contributed by atoms with Crippen LogP contribution in [0.15, 0.2) is 52.1 Å². The zero-order valence-electron chi connectivity index (χ0n) is 18.8. The van der Waals surface area contributed by atoms with E-state index in [1.165, 1.54) is 0 Å². The highest BCUT2D eigenvalue weighted by Crippen LogP contribution is 2.17. The Balaban J connectivity index is 1.48. The van der Waals surface area contributed by atoms with Crippen molar-refractivity contribution in [3.63, 3.8) is 0 Å². The van der Waals surface area contributed by atoms with E-state index in [-0.39, 0.29) is 6.10 Å². The minimum atomic E-state index is 0.164. The van der Waals surface area contributed by atoms with Gasteiger partial charge in [-0.1, -0.05) is 0 Å². The second-order valence-electron chi connectivity index (χ2n) is 7.96. The molecule has 0 radical (unpaired) electrons. The van der Waals surface area contributed by atoms with Crippen LogP contribution in [0.1, 0.15) is 32.4 Å². The first kappa shape index (κ1) is 23.2. The van der Waals surface area contributed by atoms with Gasteiger partial charge in [-0.3, -0.25) is 9.89 Å². The minimum absolute atomic E-state index is 0.164. The second kappa shape index (κ2) is 13.0. The molecular formula is C24H36N4O3. The molecule has 0 unspecified atom stereocenters. The molecule has 0 amide bonds. The Hall–Kier alpha value is -2.51. The van der Waals surface area contributed by atoms with Crippen molar-refractivity contribution in [2.75, 3.05) is 51.3 Å². The van der Waals surface area contributed by atoms with Crippen LogP contribution in [0.5, 0.6) is 5.75 Å². The first-order valence-electron chi connectivity index (χ1n) is 11.3. The zero-order chi connectivity index (χ0) is 21.7. The van der Waals surface area contributed by atoms with Crippen molar-refractivity contribution in [1.29, 1.82) is 0 Å². The summed E-state index contributed by atoms with van der Waals surface area (Å²) in [7, 11) is 0. The van der Waals surface area contributed by atoms with Crippen LogP contribution in [-0.2, 0) is 11.2 Å². The van der Waals surface area contributed by atoms with E-state index in [2.05, 4.69) is 15.5 Å². The molecule has 0 spiro atoms.